The van der Waals surface area contributed by atoms with Gasteiger partial charge in [0.2, 0.25) is 5.78 Å². The van der Waals surface area contributed by atoms with Gasteiger partial charge in [-0.15, -0.1) is 0 Å². The van der Waals surface area contributed by atoms with Crippen LogP contribution >= 0.6 is 11.8 Å². The second kappa shape index (κ2) is 3.54. The molecule has 1 aliphatic heterocycles. The molecule has 1 saturated heterocycles. The molecule has 2 heterocycles. The molecule has 0 N–H and O–H groups in total. The number of hydrogen-bond acceptors (Lipinski definition) is 3. The number of rotatable bonds is 3. The first-order chi connectivity index (χ1) is 6.33. The van der Waals surface area contributed by atoms with Gasteiger partial charge in [0, 0.05) is 36.4 Å². The van der Waals surface area contributed by atoms with Crippen LogP contribution in [0.4, 0.5) is 0 Å². The molecular formula is C9H12N2OS. The number of hydrogen-bond donors (Lipinski definition) is 0. The third kappa shape index (κ3) is 1.50. The quantitative estimate of drug-likeness (QED) is 0.686. The summed E-state index contributed by atoms with van der Waals surface area (Å²) >= 11 is 1.83. The van der Waals surface area contributed by atoms with Crippen molar-refractivity contribution < 1.29 is 4.79 Å². The van der Waals surface area contributed by atoms with Crippen molar-refractivity contribution in [3.63, 3.8) is 0 Å². The van der Waals surface area contributed by atoms with E-state index in [2.05, 4.69) is 4.98 Å². The number of ketones is 1. The molecule has 0 amide bonds. The summed E-state index contributed by atoms with van der Waals surface area (Å²) in [5.74, 6) is 3.00. The van der Waals surface area contributed by atoms with Gasteiger partial charge < -0.3 is 4.57 Å². The molecule has 0 radical (unpaired) electrons. The minimum atomic E-state index is 0.214. The Kier molecular flexibility index (Phi) is 2.40. The molecule has 1 aliphatic rings. The average Bonchev–Trinajstić information content (AvgIpc) is 2.47. The molecule has 0 atom stereocenters. The Morgan fingerprint density at radius 3 is 3.08 bits per heavy atom. The van der Waals surface area contributed by atoms with Crippen molar-refractivity contribution in [3.05, 3.63) is 18.2 Å². The highest BCUT2D eigenvalue weighted by atomic mass is 32.2. The Bertz CT molecular complexity index is 317. The van der Waals surface area contributed by atoms with Crippen LogP contribution in [-0.4, -0.2) is 26.8 Å². The lowest BCUT2D eigenvalue weighted by Crippen LogP contribution is -2.29. The Hall–Kier alpha value is -0.770. The Morgan fingerprint density at radius 2 is 2.54 bits per heavy atom. The lowest BCUT2D eigenvalue weighted by Gasteiger charge is -2.22. The van der Waals surface area contributed by atoms with Crippen LogP contribution in [0.5, 0.6) is 0 Å². The molecule has 0 unspecified atom stereocenters. The predicted molar refractivity (Wildman–Crippen MR) is 53.0 cm³/mol. The van der Waals surface area contributed by atoms with Crippen molar-refractivity contribution >= 4 is 17.5 Å². The highest BCUT2D eigenvalue weighted by molar-refractivity contribution is 8.00. The first kappa shape index (κ1) is 8.81. The fourth-order valence-corrected chi connectivity index (χ4v) is 2.13. The van der Waals surface area contributed by atoms with Crippen molar-refractivity contribution in [2.45, 2.75) is 13.5 Å². The van der Waals surface area contributed by atoms with Crippen LogP contribution in [0.15, 0.2) is 12.4 Å². The molecular weight excluding hydrogens is 184 g/mol. The number of Topliss-reactive ketones (excluding diaryl/α,β-unsaturated/α-hetero) is 1. The molecule has 0 aliphatic carbocycles. The van der Waals surface area contributed by atoms with Crippen molar-refractivity contribution in [2.24, 2.45) is 5.92 Å². The summed E-state index contributed by atoms with van der Waals surface area (Å²) < 4.78 is 1.91. The van der Waals surface area contributed by atoms with Crippen LogP contribution in [0.2, 0.25) is 0 Å². The number of aryl methyl sites for hydroxylation is 1. The van der Waals surface area contributed by atoms with Gasteiger partial charge in [0.25, 0.3) is 0 Å². The summed E-state index contributed by atoms with van der Waals surface area (Å²) in [6, 6.07) is 0. The highest BCUT2D eigenvalue weighted by Gasteiger charge is 2.29. The van der Waals surface area contributed by atoms with E-state index < -0.39 is 0 Å². The largest absolute Gasteiger partial charge is 0.329 e. The molecule has 1 aromatic heterocycles. The second-order valence-corrected chi connectivity index (χ2v) is 4.21. The fourth-order valence-electron chi connectivity index (χ4n) is 1.36. The van der Waals surface area contributed by atoms with Crippen LogP contribution < -0.4 is 0 Å². The Labute approximate surface area is 81.5 Å². The third-order valence-electron chi connectivity index (χ3n) is 2.29. The van der Waals surface area contributed by atoms with Gasteiger partial charge in [-0.05, 0) is 6.92 Å². The van der Waals surface area contributed by atoms with Gasteiger partial charge in [-0.3, -0.25) is 4.79 Å². The van der Waals surface area contributed by atoms with Crippen molar-refractivity contribution in [1.82, 2.24) is 9.55 Å². The number of thioether (sulfide) groups is 1. The minimum absolute atomic E-state index is 0.214. The lowest BCUT2D eigenvalue weighted by atomic mass is 10.1. The summed E-state index contributed by atoms with van der Waals surface area (Å²) in [4.78, 5) is 15.9. The number of carbonyl (C=O) groups is 1. The molecule has 0 spiro atoms. The summed E-state index contributed by atoms with van der Waals surface area (Å²) in [5.41, 5.74) is 0. The topological polar surface area (TPSA) is 34.9 Å². The van der Waals surface area contributed by atoms with Crippen molar-refractivity contribution in [1.29, 1.82) is 0 Å². The summed E-state index contributed by atoms with van der Waals surface area (Å²) in [6.07, 6.45) is 3.56. The lowest BCUT2D eigenvalue weighted by molar-refractivity contribution is 0.0924. The van der Waals surface area contributed by atoms with Gasteiger partial charge in [0.15, 0.2) is 5.82 Å². The first-order valence-corrected chi connectivity index (χ1v) is 5.61. The number of imidazole rings is 1. The smallest absolute Gasteiger partial charge is 0.202 e. The van der Waals surface area contributed by atoms with Crippen LogP contribution in [-0.2, 0) is 6.54 Å². The summed E-state index contributed by atoms with van der Waals surface area (Å²) in [5, 5.41) is 0. The maximum Gasteiger partial charge on any atom is 0.202 e. The monoisotopic (exact) mass is 196 g/mol. The second-order valence-electron chi connectivity index (χ2n) is 3.14. The maximum atomic E-state index is 11.8. The highest BCUT2D eigenvalue weighted by Crippen LogP contribution is 2.27. The van der Waals surface area contributed by atoms with E-state index in [9.17, 15) is 4.79 Å². The van der Waals surface area contributed by atoms with Crippen molar-refractivity contribution in [3.8, 4) is 0 Å². The summed E-state index contributed by atoms with van der Waals surface area (Å²) in [7, 11) is 0. The zero-order chi connectivity index (χ0) is 9.26. The molecule has 2 rings (SSSR count). The molecule has 13 heavy (non-hydrogen) atoms. The van der Waals surface area contributed by atoms with E-state index >= 15 is 0 Å². The van der Waals surface area contributed by atoms with E-state index in [0.717, 1.165) is 18.1 Å². The van der Waals surface area contributed by atoms with E-state index in [4.69, 9.17) is 0 Å². The maximum absolute atomic E-state index is 11.8. The Balaban J connectivity index is 2.18. The zero-order valence-electron chi connectivity index (χ0n) is 7.56. The van der Waals surface area contributed by atoms with Gasteiger partial charge in [-0.2, -0.15) is 11.8 Å². The van der Waals surface area contributed by atoms with E-state index in [1.165, 1.54) is 0 Å². The van der Waals surface area contributed by atoms with Gasteiger partial charge in [-0.25, -0.2) is 4.98 Å². The molecule has 4 heteroatoms. The average molecular weight is 196 g/mol. The van der Waals surface area contributed by atoms with Crippen LogP contribution in [0.3, 0.4) is 0 Å². The van der Waals surface area contributed by atoms with E-state index in [0.29, 0.717) is 5.82 Å². The molecule has 0 saturated carbocycles. The molecule has 0 aromatic carbocycles. The molecule has 0 bridgehead atoms. The van der Waals surface area contributed by atoms with Gasteiger partial charge in [0.1, 0.15) is 0 Å². The van der Waals surface area contributed by atoms with E-state index in [-0.39, 0.29) is 11.7 Å². The van der Waals surface area contributed by atoms with Gasteiger partial charge >= 0.3 is 0 Å². The predicted octanol–water partition coefficient (Wildman–Crippen LogP) is 1.45. The minimum Gasteiger partial charge on any atom is -0.329 e. The van der Waals surface area contributed by atoms with E-state index in [1.807, 2.05) is 29.4 Å². The normalized spacial score (nSPS) is 17.0. The summed E-state index contributed by atoms with van der Waals surface area (Å²) in [6.45, 7) is 2.84. The molecule has 1 aromatic rings. The standard InChI is InChI=1S/C9H12N2OS/c1-2-11-4-3-10-9(11)8(12)7-5-13-6-7/h3-4,7H,2,5-6H2,1H3. The molecule has 70 valence electrons. The fraction of sp³-hybridized carbons (Fsp3) is 0.556. The van der Waals surface area contributed by atoms with Crippen LogP contribution in [0.25, 0.3) is 0 Å². The van der Waals surface area contributed by atoms with Crippen LogP contribution in [0, 0.1) is 5.92 Å². The molecule has 1 fully saturated rings. The molecule has 3 nitrogen and oxygen atoms in total. The zero-order valence-corrected chi connectivity index (χ0v) is 8.38. The third-order valence-corrected chi connectivity index (χ3v) is 3.56. The van der Waals surface area contributed by atoms with Gasteiger partial charge in [0.05, 0.1) is 0 Å². The number of aromatic nitrogens is 2. The SMILES string of the molecule is CCn1ccnc1C(=O)C1CSC1. The van der Waals surface area contributed by atoms with E-state index in [1.54, 1.807) is 6.20 Å². The number of carbonyl (C=O) groups excluding carboxylic acids is 1. The first-order valence-electron chi connectivity index (χ1n) is 4.46. The van der Waals surface area contributed by atoms with Gasteiger partial charge in [-0.1, -0.05) is 0 Å². The Morgan fingerprint density at radius 1 is 1.77 bits per heavy atom. The van der Waals surface area contributed by atoms with Crippen LogP contribution in [0.1, 0.15) is 17.5 Å². The number of nitrogens with zero attached hydrogens (tertiary/aromatic N) is 2. The van der Waals surface area contributed by atoms with Crippen molar-refractivity contribution in [2.75, 3.05) is 11.5 Å².